The number of hydrogen-bond acceptors (Lipinski definition) is 4. The number of rotatable bonds is 7. The molecule has 0 aromatic carbocycles. The van der Waals surface area contributed by atoms with Crippen LogP contribution in [0, 0.1) is 13.8 Å². The van der Waals surface area contributed by atoms with E-state index in [0.29, 0.717) is 31.9 Å². The Kier molecular flexibility index (Phi) is 5.80. The van der Waals surface area contributed by atoms with E-state index in [4.69, 9.17) is 9.47 Å². The molecule has 1 heterocycles. The second-order valence-electron chi connectivity index (χ2n) is 4.09. The topological polar surface area (TPSA) is 67.5 Å². The summed E-state index contributed by atoms with van der Waals surface area (Å²) in [6.45, 7) is 5.77. The summed E-state index contributed by atoms with van der Waals surface area (Å²) in [5.74, 6) is -0.0344. The van der Waals surface area contributed by atoms with E-state index in [9.17, 15) is 4.79 Å². The highest BCUT2D eigenvalue weighted by Gasteiger charge is 2.21. The Morgan fingerprint density at radius 3 is 2.17 bits per heavy atom. The second-order valence-corrected chi connectivity index (χ2v) is 4.09. The summed E-state index contributed by atoms with van der Waals surface area (Å²) in [6.07, 6.45) is 0. The van der Waals surface area contributed by atoms with Crippen LogP contribution in [0.25, 0.3) is 0 Å². The van der Waals surface area contributed by atoms with Gasteiger partial charge in [-0.05, 0) is 13.8 Å². The van der Waals surface area contributed by atoms with E-state index in [-0.39, 0.29) is 5.91 Å². The molecular formula is C12H21N3O3. The van der Waals surface area contributed by atoms with E-state index >= 15 is 0 Å². The molecule has 0 saturated heterocycles. The predicted octanol–water partition coefficient (Wildman–Crippen LogP) is 0.762. The molecule has 1 N–H and O–H groups in total. The molecule has 102 valence electrons. The first-order valence-corrected chi connectivity index (χ1v) is 5.90. The number of hydrogen-bond donors (Lipinski definition) is 1. The Labute approximate surface area is 107 Å². The lowest BCUT2D eigenvalue weighted by atomic mass is 10.1. The third-order valence-corrected chi connectivity index (χ3v) is 2.76. The van der Waals surface area contributed by atoms with Gasteiger partial charge in [0, 0.05) is 33.0 Å². The van der Waals surface area contributed by atoms with Crippen molar-refractivity contribution in [3.05, 3.63) is 17.0 Å². The SMILES string of the molecule is COCCN(CCOC)C(=O)c1c(C)n[nH]c1C. The molecule has 1 rings (SSSR count). The molecule has 0 aliphatic rings. The second kappa shape index (κ2) is 7.13. The van der Waals surface area contributed by atoms with Crippen molar-refractivity contribution in [2.24, 2.45) is 0 Å². The average Bonchev–Trinajstić information content (AvgIpc) is 2.68. The van der Waals surface area contributed by atoms with Crippen LogP contribution in [-0.2, 0) is 9.47 Å². The number of aromatic amines is 1. The van der Waals surface area contributed by atoms with Crippen molar-refractivity contribution in [3.8, 4) is 0 Å². The molecule has 0 bridgehead atoms. The molecule has 1 amide bonds. The summed E-state index contributed by atoms with van der Waals surface area (Å²) in [5.41, 5.74) is 2.15. The van der Waals surface area contributed by atoms with Gasteiger partial charge in [-0.25, -0.2) is 0 Å². The van der Waals surface area contributed by atoms with Crippen molar-refractivity contribution in [2.45, 2.75) is 13.8 Å². The fraction of sp³-hybridized carbons (Fsp3) is 0.667. The number of carbonyl (C=O) groups is 1. The zero-order chi connectivity index (χ0) is 13.5. The van der Waals surface area contributed by atoms with Crippen LogP contribution in [0.3, 0.4) is 0 Å². The quantitative estimate of drug-likeness (QED) is 0.781. The summed E-state index contributed by atoms with van der Waals surface area (Å²) >= 11 is 0. The van der Waals surface area contributed by atoms with E-state index < -0.39 is 0 Å². The predicted molar refractivity (Wildman–Crippen MR) is 67.7 cm³/mol. The molecule has 0 aliphatic carbocycles. The van der Waals surface area contributed by atoms with Gasteiger partial charge >= 0.3 is 0 Å². The summed E-state index contributed by atoms with van der Waals surface area (Å²) in [6, 6.07) is 0. The zero-order valence-corrected chi connectivity index (χ0v) is 11.4. The lowest BCUT2D eigenvalue weighted by Gasteiger charge is -2.22. The Bertz CT molecular complexity index is 362. The van der Waals surface area contributed by atoms with Crippen LogP contribution < -0.4 is 0 Å². The molecule has 0 aliphatic heterocycles. The highest BCUT2D eigenvalue weighted by molar-refractivity contribution is 5.96. The van der Waals surface area contributed by atoms with Gasteiger partial charge in [-0.1, -0.05) is 0 Å². The molecule has 0 fully saturated rings. The molecule has 6 nitrogen and oxygen atoms in total. The van der Waals surface area contributed by atoms with Gasteiger partial charge in [0.1, 0.15) is 0 Å². The number of carbonyl (C=O) groups excluding carboxylic acids is 1. The molecule has 1 aromatic rings. The van der Waals surface area contributed by atoms with Gasteiger partial charge in [-0.3, -0.25) is 9.89 Å². The van der Waals surface area contributed by atoms with Crippen molar-refractivity contribution < 1.29 is 14.3 Å². The normalized spacial score (nSPS) is 10.7. The van der Waals surface area contributed by atoms with Gasteiger partial charge < -0.3 is 14.4 Å². The van der Waals surface area contributed by atoms with Gasteiger partial charge in [0.15, 0.2) is 0 Å². The first kappa shape index (κ1) is 14.7. The highest BCUT2D eigenvalue weighted by atomic mass is 16.5. The molecule has 18 heavy (non-hydrogen) atoms. The van der Waals surface area contributed by atoms with Gasteiger partial charge in [0.25, 0.3) is 5.91 Å². The summed E-state index contributed by atoms with van der Waals surface area (Å²) in [7, 11) is 3.24. The number of aromatic nitrogens is 2. The summed E-state index contributed by atoms with van der Waals surface area (Å²) < 4.78 is 10.0. The van der Waals surface area contributed by atoms with E-state index in [1.807, 2.05) is 13.8 Å². The van der Waals surface area contributed by atoms with Gasteiger partial charge in [-0.2, -0.15) is 5.10 Å². The Balaban J connectivity index is 2.80. The third-order valence-electron chi connectivity index (χ3n) is 2.76. The zero-order valence-electron chi connectivity index (χ0n) is 11.4. The third kappa shape index (κ3) is 3.54. The minimum absolute atomic E-state index is 0.0344. The van der Waals surface area contributed by atoms with Crippen LogP contribution >= 0.6 is 0 Å². The first-order chi connectivity index (χ1) is 8.61. The maximum atomic E-state index is 12.4. The average molecular weight is 255 g/mol. The van der Waals surface area contributed by atoms with Crippen LogP contribution in [0.15, 0.2) is 0 Å². The van der Waals surface area contributed by atoms with Crippen LogP contribution in [0.4, 0.5) is 0 Å². The lowest BCUT2D eigenvalue weighted by molar-refractivity contribution is 0.0626. The van der Waals surface area contributed by atoms with Crippen molar-refractivity contribution in [1.82, 2.24) is 15.1 Å². The van der Waals surface area contributed by atoms with Gasteiger partial charge in [0.05, 0.1) is 24.5 Å². The molecule has 0 radical (unpaired) electrons. The number of amides is 1. The number of H-pyrrole nitrogens is 1. The maximum absolute atomic E-state index is 12.4. The number of nitrogens with one attached hydrogen (secondary N) is 1. The Hall–Kier alpha value is -1.40. The molecular weight excluding hydrogens is 234 g/mol. The van der Waals surface area contributed by atoms with Crippen molar-refractivity contribution in [3.63, 3.8) is 0 Å². The summed E-state index contributed by atoms with van der Waals surface area (Å²) in [5, 5.41) is 6.87. The molecule has 6 heteroatoms. The minimum atomic E-state index is -0.0344. The number of nitrogens with zero attached hydrogens (tertiary/aromatic N) is 2. The molecule has 1 aromatic heterocycles. The fourth-order valence-electron chi connectivity index (χ4n) is 1.74. The highest BCUT2D eigenvalue weighted by Crippen LogP contribution is 2.12. The van der Waals surface area contributed by atoms with E-state index in [0.717, 1.165) is 11.4 Å². The van der Waals surface area contributed by atoms with Crippen molar-refractivity contribution >= 4 is 5.91 Å². The summed E-state index contributed by atoms with van der Waals surface area (Å²) in [4.78, 5) is 14.1. The van der Waals surface area contributed by atoms with Crippen molar-refractivity contribution in [1.29, 1.82) is 0 Å². The maximum Gasteiger partial charge on any atom is 0.257 e. The van der Waals surface area contributed by atoms with E-state index in [2.05, 4.69) is 10.2 Å². The largest absolute Gasteiger partial charge is 0.383 e. The molecule has 0 saturated carbocycles. The van der Waals surface area contributed by atoms with Crippen LogP contribution in [0.2, 0.25) is 0 Å². The van der Waals surface area contributed by atoms with Crippen molar-refractivity contribution in [2.75, 3.05) is 40.5 Å². The van der Waals surface area contributed by atoms with Crippen LogP contribution in [0.5, 0.6) is 0 Å². The lowest BCUT2D eigenvalue weighted by Crippen LogP contribution is -2.37. The monoisotopic (exact) mass is 255 g/mol. The smallest absolute Gasteiger partial charge is 0.257 e. The molecule has 0 unspecified atom stereocenters. The van der Waals surface area contributed by atoms with Gasteiger partial charge in [0.2, 0.25) is 0 Å². The van der Waals surface area contributed by atoms with E-state index in [1.54, 1.807) is 19.1 Å². The Morgan fingerprint density at radius 1 is 1.22 bits per heavy atom. The fourth-order valence-corrected chi connectivity index (χ4v) is 1.74. The minimum Gasteiger partial charge on any atom is -0.383 e. The van der Waals surface area contributed by atoms with Crippen LogP contribution in [-0.4, -0.2) is 61.5 Å². The van der Waals surface area contributed by atoms with E-state index in [1.165, 1.54) is 0 Å². The first-order valence-electron chi connectivity index (χ1n) is 5.90. The standard InChI is InChI=1S/C12H21N3O3/c1-9-11(10(2)14-13-9)12(16)15(5-7-17-3)6-8-18-4/h5-8H2,1-4H3,(H,13,14). The molecule has 0 spiro atoms. The Morgan fingerprint density at radius 2 is 1.78 bits per heavy atom. The molecule has 0 atom stereocenters. The number of aryl methyl sites for hydroxylation is 2. The van der Waals surface area contributed by atoms with Crippen LogP contribution in [0.1, 0.15) is 21.7 Å². The number of ether oxygens (including phenoxy) is 2. The number of methoxy groups -OCH3 is 2. The van der Waals surface area contributed by atoms with Gasteiger partial charge in [-0.15, -0.1) is 0 Å².